The number of aromatic nitrogens is 3. The van der Waals surface area contributed by atoms with Crippen LogP contribution in [0.1, 0.15) is 5.56 Å². The fourth-order valence-electron chi connectivity index (χ4n) is 2.41. The van der Waals surface area contributed by atoms with Gasteiger partial charge >= 0.3 is 0 Å². The lowest BCUT2D eigenvalue weighted by atomic mass is 10.2. The molecule has 0 aliphatic carbocycles. The Morgan fingerprint density at radius 3 is 2.58 bits per heavy atom. The fourth-order valence-corrected chi connectivity index (χ4v) is 3.17. The zero-order valence-electron chi connectivity index (χ0n) is 14.2. The zero-order valence-corrected chi connectivity index (χ0v) is 15.0. The zero-order chi connectivity index (χ0) is 18.2. The van der Waals surface area contributed by atoms with Gasteiger partial charge in [-0.15, -0.1) is 16.8 Å². The molecule has 0 amide bonds. The van der Waals surface area contributed by atoms with Gasteiger partial charge in [0.05, 0.1) is 18.2 Å². The van der Waals surface area contributed by atoms with Gasteiger partial charge in [0, 0.05) is 17.9 Å². The van der Waals surface area contributed by atoms with E-state index in [9.17, 15) is 0 Å². The maximum atomic E-state index is 8.81. The van der Waals surface area contributed by atoms with Gasteiger partial charge in [0.15, 0.2) is 11.0 Å². The number of ether oxygens (including phenoxy) is 1. The van der Waals surface area contributed by atoms with E-state index < -0.39 is 0 Å². The molecule has 3 rings (SSSR count). The van der Waals surface area contributed by atoms with Crippen LogP contribution in [-0.2, 0) is 6.54 Å². The van der Waals surface area contributed by atoms with Crippen LogP contribution in [-0.4, -0.2) is 27.1 Å². The van der Waals surface area contributed by atoms with Gasteiger partial charge in [-0.25, -0.2) is 0 Å². The van der Waals surface area contributed by atoms with Crippen LogP contribution in [0.2, 0.25) is 0 Å². The van der Waals surface area contributed by atoms with E-state index in [1.54, 1.807) is 36.0 Å². The summed E-state index contributed by atoms with van der Waals surface area (Å²) in [5.74, 6) is 2.33. The van der Waals surface area contributed by atoms with Gasteiger partial charge in [0.2, 0.25) is 0 Å². The molecule has 0 aliphatic rings. The highest BCUT2D eigenvalue weighted by Crippen LogP contribution is 2.24. The number of nitrogens with zero attached hydrogens (tertiary/aromatic N) is 4. The molecule has 130 valence electrons. The molecule has 1 aromatic heterocycles. The van der Waals surface area contributed by atoms with Crippen LogP contribution in [0.5, 0.6) is 5.75 Å². The number of hydrogen-bond acceptors (Lipinski definition) is 5. The van der Waals surface area contributed by atoms with E-state index in [-0.39, 0.29) is 0 Å². The molecule has 0 saturated heterocycles. The molecule has 0 fully saturated rings. The van der Waals surface area contributed by atoms with E-state index in [4.69, 9.17) is 10.00 Å². The molecule has 1 heterocycles. The number of rotatable bonds is 8. The van der Waals surface area contributed by atoms with Crippen molar-refractivity contribution in [2.24, 2.45) is 0 Å². The maximum Gasteiger partial charge on any atom is 0.191 e. The van der Waals surface area contributed by atoms with Crippen LogP contribution in [0.3, 0.4) is 0 Å². The third kappa shape index (κ3) is 4.32. The van der Waals surface area contributed by atoms with Gasteiger partial charge in [0.25, 0.3) is 0 Å². The SMILES string of the molecule is C=CCn1c(SCCOc2ccc(C#N)cc2)nnc1-c1ccccc1. The average molecular weight is 362 g/mol. The van der Waals surface area contributed by atoms with Crippen molar-refractivity contribution in [3.63, 3.8) is 0 Å². The van der Waals surface area contributed by atoms with Gasteiger partial charge in [-0.05, 0) is 24.3 Å². The molecule has 3 aromatic rings. The highest BCUT2D eigenvalue weighted by molar-refractivity contribution is 7.99. The molecule has 26 heavy (non-hydrogen) atoms. The molecular weight excluding hydrogens is 344 g/mol. The molecule has 0 atom stereocenters. The highest BCUT2D eigenvalue weighted by atomic mass is 32.2. The summed E-state index contributed by atoms with van der Waals surface area (Å²) in [6, 6.07) is 19.2. The van der Waals surface area contributed by atoms with Crippen molar-refractivity contribution < 1.29 is 4.74 Å². The predicted molar refractivity (Wildman–Crippen MR) is 103 cm³/mol. The molecule has 0 unspecified atom stereocenters. The molecule has 0 radical (unpaired) electrons. The molecule has 0 aliphatic heterocycles. The lowest BCUT2D eigenvalue weighted by molar-refractivity contribution is 0.344. The van der Waals surface area contributed by atoms with E-state index in [1.165, 1.54) is 0 Å². The Morgan fingerprint density at radius 1 is 1.12 bits per heavy atom. The van der Waals surface area contributed by atoms with E-state index in [2.05, 4.69) is 27.4 Å². The molecule has 0 N–H and O–H groups in total. The van der Waals surface area contributed by atoms with E-state index in [0.29, 0.717) is 18.7 Å². The summed E-state index contributed by atoms with van der Waals surface area (Å²) in [6.45, 7) is 5.02. The lowest BCUT2D eigenvalue weighted by Gasteiger charge is -2.08. The third-order valence-electron chi connectivity index (χ3n) is 3.63. The minimum absolute atomic E-state index is 0.540. The summed E-state index contributed by atoms with van der Waals surface area (Å²) < 4.78 is 7.76. The molecule has 5 nitrogen and oxygen atoms in total. The number of thioether (sulfide) groups is 1. The van der Waals surface area contributed by atoms with Crippen LogP contribution >= 0.6 is 11.8 Å². The van der Waals surface area contributed by atoms with Crippen LogP contribution in [0, 0.1) is 11.3 Å². The van der Waals surface area contributed by atoms with Gasteiger partial charge in [0.1, 0.15) is 5.75 Å². The summed E-state index contributed by atoms with van der Waals surface area (Å²) in [4.78, 5) is 0. The molecule has 0 spiro atoms. The first-order valence-electron chi connectivity index (χ1n) is 8.17. The second-order valence-electron chi connectivity index (χ2n) is 5.40. The van der Waals surface area contributed by atoms with Crippen LogP contribution in [0.15, 0.2) is 72.4 Å². The quantitative estimate of drug-likeness (QED) is 0.342. The third-order valence-corrected chi connectivity index (χ3v) is 4.56. The molecule has 2 aromatic carbocycles. The lowest BCUT2D eigenvalue weighted by Crippen LogP contribution is -2.04. The van der Waals surface area contributed by atoms with E-state index in [1.807, 2.05) is 36.4 Å². The van der Waals surface area contributed by atoms with Crippen molar-refractivity contribution >= 4 is 11.8 Å². The molecule has 0 saturated carbocycles. The van der Waals surface area contributed by atoms with E-state index >= 15 is 0 Å². The second kappa shape index (κ2) is 8.88. The second-order valence-corrected chi connectivity index (χ2v) is 6.47. The monoisotopic (exact) mass is 362 g/mol. The largest absolute Gasteiger partial charge is 0.493 e. The van der Waals surface area contributed by atoms with Crippen molar-refractivity contribution in [2.45, 2.75) is 11.7 Å². The van der Waals surface area contributed by atoms with Crippen molar-refractivity contribution in [1.29, 1.82) is 5.26 Å². The van der Waals surface area contributed by atoms with Crippen LogP contribution in [0.4, 0.5) is 0 Å². The number of benzene rings is 2. The van der Waals surface area contributed by atoms with Gasteiger partial charge < -0.3 is 4.74 Å². The van der Waals surface area contributed by atoms with Gasteiger partial charge in [-0.3, -0.25) is 4.57 Å². The molecule has 0 bridgehead atoms. The van der Waals surface area contributed by atoms with Gasteiger partial charge in [-0.1, -0.05) is 48.2 Å². The van der Waals surface area contributed by atoms with Crippen LogP contribution < -0.4 is 4.74 Å². The number of nitriles is 1. The maximum absolute atomic E-state index is 8.81. The molecule has 6 heteroatoms. The number of allylic oxidation sites excluding steroid dienone is 1. The van der Waals surface area contributed by atoms with Crippen LogP contribution in [0.25, 0.3) is 11.4 Å². The average Bonchev–Trinajstić information content (AvgIpc) is 3.09. The Labute approximate surface area is 157 Å². The van der Waals surface area contributed by atoms with Crippen molar-refractivity contribution in [3.8, 4) is 23.2 Å². The van der Waals surface area contributed by atoms with Crippen molar-refractivity contribution in [3.05, 3.63) is 72.8 Å². The van der Waals surface area contributed by atoms with Crippen molar-refractivity contribution in [2.75, 3.05) is 12.4 Å². The highest BCUT2D eigenvalue weighted by Gasteiger charge is 2.13. The first-order chi connectivity index (χ1) is 12.8. The summed E-state index contributed by atoms with van der Waals surface area (Å²) in [5.41, 5.74) is 1.65. The Morgan fingerprint density at radius 2 is 1.88 bits per heavy atom. The predicted octanol–water partition coefficient (Wildman–Crippen LogP) is 4.17. The molecular formula is C20H18N4OS. The Kier molecular flexibility index (Phi) is 6.07. The number of hydrogen-bond donors (Lipinski definition) is 0. The Bertz CT molecular complexity index is 898. The summed E-state index contributed by atoms with van der Waals surface area (Å²) in [5, 5.41) is 18.3. The van der Waals surface area contributed by atoms with E-state index in [0.717, 1.165) is 28.0 Å². The van der Waals surface area contributed by atoms with Gasteiger partial charge in [-0.2, -0.15) is 5.26 Å². The fraction of sp³-hybridized carbons (Fsp3) is 0.150. The smallest absolute Gasteiger partial charge is 0.191 e. The minimum Gasteiger partial charge on any atom is -0.493 e. The standard InChI is InChI=1S/C20H18N4OS/c1-2-12-24-19(17-6-4-3-5-7-17)22-23-20(24)26-14-13-25-18-10-8-16(15-21)9-11-18/h2-11H,1,12-14H2. The Balaban J connectivity index is 1.61. The Hall–Kier alpha value is -3.04. The summed E-state index contributed by atoms with van der Waals surface area (Å²) in [6.07, 6.45) is 1.84. The summed E-state index contributed by atoms with van der Waals surface area (Å²) in [7, 11) is 0. The topological polar surface area (TPSA) is 63.7 Å². The summed E-state index contributed by atoms with van der Waals surface area (Å²) >= 11 is 1.59. The normalized spacial score (nSPS) is 10.3. The first kappa shape index (κ1) is 17.8. The minimum atomic E-state index is 0.540. The van der Waals surface area contributed by atoms with Crippen molar-refractivity contribution in [1.82, 2.24) is 14.8 Å². The first-order valence-corrected chi connectivity index (χ1v) is 9.15.